The fraction of sp³-hybridized carbons (Fsp3) is 0.333. The molecule has 4 heteroatoms. The van der Waals surface area contributed by atoms with Gasteiger partial charge in [-0.1, -0.05) is 74.2 Å². The van der Waals surface area contributed by atoms with E-state index in [-0.39, 0.29) is 11.8 Å². The molecule has 2 aromatic carbocycles. The summed E-state index contributed by atoms with van der Waals surface area (Å²) in [6.07, 6.45) is 6.26. The normalized spacial score (nSPS) is 17.6. The number of hydrogen-bond donors (Lipinski definition) is 0. The van der Waals surface area contributed by atoms with Crippen LogP contribution in [-0.4, -0.2) is 29.7 Å². The fourth-order valence-electron chi connectivity index (χ4n) is 5.19. The van der Waals surface area contributed by atoms with Crippen LogP contribution in [0, 0.1) is 5.92 Å². The summed E-state index contributed by atoms with van der Waals surface area (Å²) in [6, 6.07) is 20.4. The molecular formula is C30H33NO2S. The zero-order chi connectivity index (χ0) is 23.9. The van der Waals surface area contributed by atoms with Crippen LogP contribution in [0.5, 0.6) is 0 Å². The molecule has 34 heavy (non-hydrogen) atoms. The van der Waals surface area contributed by atoms with Crippen molar-refractivity contribution in [1.29, 1.82) is 0 Å². The van der Waals surface area contributed by atoms with Gasteiger partial charge in [-0.3, -0.25) is 9.59 Å². The summed E-state index contributed by atoms with van der Waals surface area (Å²) < 4.78 is 0. The second-order valence-corrected chi connectivity index (χ2v) is 10.1. The first-order chi connectivity index (χ1) is 16.6. The quantitative estimate of drug-likeness (QED) is 0.308. The lowest BCUT2D eigenvalue weighted by Gasteiger charge is -2.22. The molecule has 1 aromatic heterocycles. The van der Waals surface area contributed by atoms with Crippen molar-refractivity contribution in [2.24, 2.45) is 5.92 Å². The van der Waals surface area contributed by atoms with Gasteiger partial charge in [-0.25, -0.2) is 0 Å². The first kappa shape index (κ1) is 24.2. The van der Waals surface area contributed by atoms with Crippen molar-refractivity contribution < 1.29 is 9.59 Å². The Hall–Kier alpha value is -2.98. The van der Waals surface area contributed by atoms with Crippen LogP contribution in [0.1, 0.15) is 65.7 Å². The topological polar surface area (TPSA) is 37.4 Å². The van der Waals surface area contributed by atoms with Crippen LogP contribution >= 0.6 is 11.3 Å². The standard InChI is InChI=1S/C30H33NO2S/c1-3-17-31(30(33)29-16-10-19-34-29)18-9-11-22-20-27(28(32)21-22)26-15-8-14-25(24(26)4-2)23-12-6-5-7-13-23/h4-8,10,12-16,19,22,27H,2-3,9,11,17-18,20-21H2,1H3. The van der Waals surface area contributed by atoms with Gasteiger partial charge in [-0.15, -0.1) is 11.3 Å². The van der Waals surface area contributed by atoms with Crippen molar-refractivity contribution in [2.45, 2.75) is 44.9 Å². The Bertz CT molecular complexity index is 1120. The molecule has 176 valence electrons. The lowest BCUT2D eigenvalue weighted by atomic mass is 9.86. The Labute approximate surface area is 207 Å². The van der Waals surface area contributed by atoms with E-state index < -0.39 is 0 Å². The summed E-state index contributed by atoms with van der Waals surface area (Å²) in [5, 5.41) is 1.95. The maximum atomic E-state index is 13.1. The van der Waals surface area contributed by atoms with E-state index in [1.807, 2.05) is 46.7 Å². The minimum Gasteiger partial charge on any atom is -0.338 e. The maximum absolute atomic E-state index is 13.1. The molecule has 2 unspecified atom stereocenters. The number of benzene rings is 2. The van der Waals surface area contributed by atoms with E-state index in [4.69, 9.17) is 0 Å². The molecule has 0 bridgehead atoms. The van der Waals surface area contributed by atoms with Gasteiger partial charge in [-0.2, -0.15) is 0 Å². The van der Waals surface area contributed by atoms with Gasteiger partial charge in [0.15, 0.2) is 0 Å². The molecule has 0 spiro atoms. The highest BCUT2D eigenvalue weighted by Crippen LogP contribution is 2.41. The number of ketones is 1. The van der Waals surface area contributed by atoms with Gasteiger partial charge < -0.3 is 4.90 Å². The number of hydrogen-bond acceptors (Lipinski definition) is 3. The van der Waals surface area contributed by atoms with E-state index in [2.05, 4.69) is 43.8 Å². The Balaban J connectivity index is 1.42. The molecule has 1 fully saturated rings. The number of Topliss-reactive ketones (excluding diaryl/α,β-unsaturated/α-hetero) is 1. The third-order valence-electron chi connectivity index (χ3n) is 6.80. The van der Waals surface area contributed by atoms with Crippen molar-refractivity contribution in [3.05, 3.63) is 88.6 Å². The van der Waals surface area contributed by atoms with Crippen LogP contribution in [0.2, 0.25) is 0 Å². The molecule has 1 amide bonds. The van der Waals surface area contributed by atoms with Crippen molar-refractivity contribution in [1.82, 2.24) is 4.90 Å². The van der Waals surface area contributed by atoms with Crippen LogP contribution in [0.25, 0.3) is 17.2 Å². The van der Waals surface area contributed by atoms with Crippen molar-refractivity contribution in [2.75, 3.05) is 13.1 Å². The number of carbonyl (C=O) groups is 2. The fourth-order valence-corrected chi connectivity index (χ4v) is 5.88. The van der Waals surface area contributed by atoms with Crippen LogP contribution in [-0.2, 0) is 4.79 Å². The number of carbonyl (C=O) groups excluding carboxylic acids is 2. The molecule has 1 saturated carbocycles. The average Bonchev–Trinajstić information content (AvgIpc) is 3.53. The number of thiophene rings is 1. The van der Waals surface area contributed by atoms with E-state index in [1.165, 1.54) is 11.3 Å². The zero-order valence-corrected chi connectivity index (χ0v) is 20.7. The largest absolute Gasteiger partial charge is 0.338 e. The molecule has 3 aromatic rings. The van der Waals surface area contributed by atoms with Crippen LogP contribution in [0.4, 0.5) is 0 Å². The number of nitrogens with zero attached hydrogens (tertiary/aromatic N) is 1. The van der Waals surface area contributed by atoms with Crippen molar-refractivity contribution >= 4 is 29.1 Å². The maximum Gasteiger partial charge on any atom is 0.263 e. The minimum atomic E-state index is -0.0684. The van der Waals surface area contributed by atoms with E-state index in [9.17, 15) is 9.59 Å². The number of rotatable bonds is 10. The van der Waals surface area contributed by atoms with Crippen LogP contribution < -0.4 is 0 Å². The summed E-state index contributed by atoms with van der Waals surface area (Å²) in [6.45, 7) is 7.70. The third kappa shape index (κ3) is 5.39. The summed E-state index contributed by atoms with van der Waals surface area (Å²) in [4.78, 5) is 28.6. The molecule has 0 saturated heterocycles. The predicted molar refractivity (Wildman–Crippen MR) is 142 cm³/mol. The molecule has 0 N–H and O–H groups in total. The lowest BCUT2D eigenvalue weighted by Crippen LogP contribution is -2.32. The Morgan fingerprint density at radius 2 is 1.91 bits per heavy atom. The van der Waals surface area contributed by atoms with Crippen molar-refractivity contribution in [3.8, 4) is 11.1 Å². The Kier molecular flexibility index (Phi) is 8.12. The highest BCUT2D eigenvalue weighted by molar-refractivity contribution is 7.12. The lowest BCUT2D eigenvalue weighted by molar-refractivity contribution is -0.118. The summed E-state index contributed by atoms with van der Waals surface area (Å²) in [5.74, 6) is 0.765. The first-order valence-corrected chi connectivity index (χ1v) is 13.2. The van der Waals surface area contributed by atoms with Crippen LogP contribution in [0.3, 0.4) is 0 Å². The summed E-state index contributed by atoms with van der Waals surface area (Å²) in [5.41, 5.74) is 4.45. The molecule has 1 aliphatic rings. The first-order valence-electron chi connectivity index (χ1n) is 12.3. The number of amides is 1. The van der Waals surface area contributed by atoms with Gasteiger partial charge in [0, 0.05) is 25.4 Å². The van der Waals surface area contributed by atoms with Crippen LogP contribution in [0.15, 0.2) is 72.6 Å². The van der Waals surface area contributed by atoms with Gasteiger partial charge in [-0.05, 0) is 65.3 Å². The van der Waals surface area contributed by atoms with E-state index in [1.54, 1.807) is 0 Å². The van der Waals surface area contributed by atoms with Gasteiger partial charge in [0.25, 0.3) is 5.91 Å². The molecule has 3 nitrogen and oxygen atoms in total. The average molecular weight is 472 g/mol. The van der Waals surface area contributed by atoms with E-state index in [0.29, 0.717) is 18.1 Å². The second kappa shape index (κ2) is 11.4. The van der Waals surface area contributed by atoms with Gasteiger partial charge in [0.05, 0.1) is 4.88 Å². The molecule has 0 radical (unpaired) electrons. The minimum absolute atomic E-state index is 0.0684. The Morgan fingerprint density at radius 1 is 1.09 bits per heavy atom. The van der Waals surface area contributed by atoms with Gasteiger partial charge >= 0.3 is 0 Å². The molecule has 0 aliphatic heterocycles. The second-order valence-electron chi connectivity index (χ2n) is 9.12. The third-order valence-corrected chi connectivity index (χ3v) is 7.66. The smallest absolute Gasteiger partial charge is 0.263 e. The summed E-state index contributed by atoms with van der Waals surface area (Å²) in [7, 11) is 0. The monoisotopic (exact) mass is 471 g/mol. The zero-order valence-electron chi connectivity index (χ0n) is 19.9. The molecule has 1 heterocycles. The summed E-state index contributed by atoms with van der Waals surface area (Å²) >= 11 is 1.50. The van der Waals surface area contributed by atoms with Crippen molar-refractivity contribution in [3.63, 3.8) is 0 Å². The van der Waals surface area contributed by atoms with E-state index >= 15 is 0 Å². The SMILES string of the molecule is C=Cc1c(-c2ccccc2)cccc1C1CC(CCCN(CCC)C(=O)c2cccs2)CC1=O. The van der Waals surface area contributed by atoms with E-state index in [0.717, 1.165) is 65.9 Å². The van der Waals surface area contributed by atoms with Gasteiger partial charge in [0.1, 0.15) is 5.78 Å². The molecule has 2 atom stereocenters. The van der Waals surface area contributed by atoms with Gasteiger partial charge in [0.2, 0.25) is 0 Å². The molecule has 4 rings (SSSR count). The Morgan fingerprint density at radius 3 is 2.62 bits per heavy atom. The molecule has 1 aliphatic carbocycles. The molecular weight excluding hydrogens is 438 g/mol. The predicted octanol–water partition coefficient (Wildman–Crippen LogP) is 7.45. The highest BCUT2D eigenvalue weighted by atomic mass is 32.1. The highest BCUT2D eigenvalue weighted by Gasteiger charge is 2.34.